The van der Waals surface area contributed by atoms with Gasteiger partial charge in [-0.25, -0.2) is 0 Å². The van der Waals surface area contributed by atoms with Gasteiger partial charge in [0.05, 0.1) is 12.0 Å². The highest BCUT2D eigenvalue weighted by Crippen LogP contribution is 2.19. The largest absolute Gasteiger partial charge is 0.378 e. The first-order chi connectivity index (χ1) is 9.70. The van der Waals surface area contributed by atoms with Crippen molar-refractivity contribution in [3.8, 4) is 0 Å². The van der Waals surface area contributed by atoms with E-state index in [2.05, 4.69) is 5.32 Å². The van der Waals surface area contributed by atoms with Gasteiger partial charge in [0.2, 0.25) is 11.8 Å². The molecule has 2 fully saturated rings. The molecule has 2 aliphatic heterocycles. The quantitative estimate of drug-likeness (QED) is 0.688. The number of nitrogens with one attached hydrogen (secondary N) is 1. The molecule has 2 amide bonds. The summed E-state index contributed by atoms with van der Waals surface area (Å²) in [4.78, 5) is 25.4. The van der Waals surface area contributed by atoms with Crippen molar-refractivity contribution in [1.29, 1.82) is 0 Å². The van der Waals surface area contributed by atoms with E-state index in [4.69, 9.17) is 10.5 Å². The van der Waals surface area contributed by atoms with E-state index in [9.17, 15) is 9.59 Å². The molecular formula is C14H25N3O3. The number of rotatable bonds is 5. The molecule has 0 bridgehead atoms. The average molecular weight is 283 g/mol. The van der Waals surface area contributed by atoms with Crippen molar-refractivity contribution in [2.45, 2.75) is 38.2 Å². The van der Waals surface area contributed by atoms with Gasteiger partial charge in [-0.1, -0.05) is 0 Å². The summed E-state index contributed by atoms with van der Waals surface area (Å²) in [5, 5.41) is 2.77. The summed E-state index contributed by atoms with van der Waals surface area (Å²) in [7, 11) is 0. The van der Waals surface area contributed by atoms with Crippen molar-refractivity contribution < 1.29 is 14.3 Å². The highest BCUT2D eigenvalue weighted by Gasteiger charge is 2.30. The predicted octanol–water partition coefficient (Wildman–Crippen LogP) is -0.131. The fraction of sp³-hybridized carbons (Fsp3) is 0.857. The number of nitrogens with zero attached hydrogens (tertiary/aromatic N) is 1. The molecule has 2 heterocycles. The zero-order chi connectivity index (χ0) is 14.4. The molecule has 114 valence electrons. The molecule has 6 nitrogen and oxygen atoms in total. The number of nitrogens with two attached hydrogens (primary N) is 1. The van der Waals surface area contributed by atoms with Crippen LogP contribution in [0.2, 0.25) is 0 Å². The van der Waals surface area contributed by atoms with Gasteiger partial charge in [0.25, 0.3) is 0 Å². The number of ether oxygens (including phenoxy) is 1. The molecule has 3 N–H and O–H groups in total. The van der Waals surface area contributed by atoms with E-state index in [0.717, 1.165) is 32.4 Å². The van der Waals surface area contributed by atoms with Gasteiger partial charge in [0, 0.05) is 32.7 Å². The molecule has 0 aromatic heterocycles. The summed E-state index contributed by atoms with van der Waals surface area (Å²) in [6.45, 7) is 3.38. The van der Waals surface area contributed by atoms with Crippen LogP contribution in [0.15, 0.2) is 0 Å². The van der Waals surface area contributed by atoms with E-state index >= 15 is 0 Å². The van der Waals surface area contributed by atoms with Crippen molar-refractivity contribution >= 4 is 11.8 Å². The SMILES string of the molecule is NCCCOC1CCN(C(=O)C2CCC(=O)NC2)CC1. The number of amides is 2. The van der Waals surface area contributed by atoms with E-state index in [-0.39, 0.29) is 23.8 Å². The molecule has 2 saturated heterocycles. The highest BCUT2D eigenvalue weighted by atomic mass is 16.5. The predicted molar refractivity (Wildman–Crippen MR) is 75.0 cm³/mol. The maximum absolute atomic E-state index is 12.3. The van der Waals surface area contributed by atoms with Gasteiger partial charge in [0.1, 0.15) is 0 Å². The van der Waals surface area contributed by atoms with Crippen LogP contribution in [0.5, 0.6) is 0 Å². The van der Waals surface area contributed by atoms with Crippen LogP contribution in [0.4, 0.5) is 0 Å². The van der Waals surface area contributed by atoms with Crippen LogP contribution < -0.4 is 11.1 Å². The first-order valence-electron chi connectivity index (χ1n) is 7.58. The minimum Gasteiger partial charge on any atom is -0.378 e. The summed E-state index contributed by atoms with van der Waals surface area (Å²) < 4.78 is 5.74. The van der Waals surface area contributed by atoms with Crippen molar-refractivity contribution in [1.82, 2.24) is 10.2 Å². The van der Waals surface area contributed by atoms with Crippen molar-refractivity contribution in [3.05, 3.63) is 0 Å². The van der Waals surface area contributed by atoms with Gasteiger partial charge in [-0.05, 0) is 32.2 Å². The molecule has 0 aliphatic carbocycles. The molecular weight excluding hydrogens is 258 g/mol. The monoisotopic (exact) mass is 283 g/mol. The van der Waals surface area contributed by atoms with Crippen molar-refractivity contribution in [2.75, 3.05) is 32.8 Å². The zero-order valence-electron chi connectivity index (χ0n) is 12.0. The second-order valence-corrected chi connectivity index (χ2v) is 5.58. The molecule has 0 saturated carbocycles. The molecule has 0 spiro atoms. The molecule has 0 aromatic carbocycles. The number of hydrogen-bond donors (Lipinski definition) is 2. The second-order valence-electron chi connectivity index (χ2n) is 5.58. The number of piperidine rings is 2. The fourth-order valence-electron chi connectivity index (χ4n) is 2.78. The van der Waals surface area contributed by atoms with Crippen molar-refractivity contribution in [3.63, 3.8) is 0 Å². The lowest BCUT2D eigenvalue weighted by atomic mass is 9.96. The topological polar surface area (TPSA) is 84.7 Å². The molecule has 0 radical (unpaired) electrons. The van der Waals surface area contributed by atoms with Gasteiger partial charge in [-0.2, -0.15) is 0 Å². The lowest BCUT2D eigenvalue weighted by Crippen LogP contribution is -2.48. The van der Waals surface area contributed by atoms with E-state index in [1.54, 1.807) is 0 Å². The van der Waals surface area contributed by atoms with Gasteiger partial charge < -0.3 is 20.7 Å². The fourth-order valence-corrected chi connectivity index (χ4v) is 2.78. The Morgan fingerprint density at radius 2 is 2.10 bits per heavy atom. The number of carbonyl (C=O) groups excluding carboxylic acids is 2. The van der Waals surface area contributed by atoms with E-state index in [1.807, 2.05) is 4.90 Å². The Balaban J connectivity index is 1.70. The number of carbonyl (C=O) groups is 2. The lowest BCUT2D eigenvalue weighted by Gasteiger charge is -2.35. The number of hydrogen-bond acceptors (Lipinski definition) is 4. The number of likely N-dealkylation sites (tertiary alicyclic amines) is 1. The van der Waals surface area contributed by atoms with Gasteiger partial charge in [-0.3, -0.25) is 9.59 Å². The molecule has 2 rings (SSSR count). The molecule has 20 heavy (non-hydrogen) atoms. The van der Waals surface area contributed by atoms with E-state index < -0.39 is 0 Å². The minimum absolute atomic E-state index is 0.0394. The van der Waals surface area contributed by atoms with E-state index in [1.165, 1.54) is 0 Å². The Kier molecular flexibility index (Phi) is 5.79. The third-order valence-electron chi connectivity index (χ3n) is 4.07. The maximum Gasteiger partial charge on any atom is 0.227 e. The van der Waals surface area contributed by atoms with Crippen LogP contribution in [0.25, 0.3) is 0 Å². The van der Waals surface area contributed by atoms with Crippen LogP contribution in [0.3, 0.4) is 0 Å². The smallest absolute Gasteiger partial charge is 0.227 e. The molecule has 1 unspecified atom stereocenters. The Labute approximate surface area is 120 Å². The van der Waals surface area contributed by atoms with Gasteiger partial charge in [-0.15, -0.1) is 0 Å². The molecule has 2 aliphatic rings. The Hall–Kier alpha value is -1.14. The average Bonchev–Trinajstić information content (AvgIpc) is 2.48. The normalized spacial score (nSPS) is 24.6. The van der Waals surface area contributed by atoms with Crippen LogP contribution in [-0.4, -0.2) is 55.6 Å². The summed E-state index contributed by atoms with van der Waals surface area (Å²) in [6.07, 6.45) is 4.09. The summed E-state index contributed by atoms with van der Waals surface area (Å²) in [5.41, 5.74) is 5.44. The molecule has 0 aromatic rings. The first kappa shape index (κ1) is 15.3. The third-order valence-corrected chi connectivity index (χ3v) is 4.07. The Bertz CT molecular complexity index is 331. The summed E-state index contributed by atoms with van der Waals surface area (Å²) in [5.74, 6) is 0.203. The minimum atomic E-state index is -0.0394. The van der Waals surface area contributed by atoms with Gasteiger partial charge in [0.15, 0.2) is 0 Å². The molecule has 1 atom stereocenters. The Morgan fingerprint density at radius 3 is 2.70 bits per heavy atom. The van der Waals surface area contributed by atoms with E-state index in [0.29, 0.717) is 32.5 Å². The zero-order valence-corrected chi connectivity index (χ0v) is 12.0. The van der Waals surface area contributed by atoms with Crippen LogP contribution in [0.1, 0.15) is 32.1 Å². The summed E-state index contributed by atoms with van der Waals surface area (Å²) in [6, 6.07) is 0. The van der Waals surface area contributed by atoms with Crippen LogP contribution in [-0.2, 0) is 14.3 Å². The first-order valence-corrected chi connectivity index (χ1v) is 7.58. The summed E-state index contributed by atoms with van der Waals surface area (Å²) >= 11 is 0. The van der Waals surface area contributed by atoms with Crippen molar-refractivity contribution in [2.24, 2.45) is 11.7 Å². The Morgan fingerprint density at radius 1 is 1.35 bits per heavy atom. The van der Waals surface area contributed by atoms with Crippen LogP contribution in [0, 0.1) is 5.92 Å². The van der Waals surface area contributed by atoms with Crippen LogP contribution >= 0.6 is 0 Å². The lowest BCUT2D eigenvalue weighted by molar-refractivity contribution is -0.139. The van der Waals surface area contributed by atoms with Gasteiger partial charge >= 0.3 is 0 Å². The third kappa shape index (κ3) is 4.18. The highest BCUT2D eigenvalue weighted by molar-refractivity contribution is 5.83. The standard InChI is InChI=1S/C14H25N3O3/c15-6-1-9-20-12-4-7-17(8-5-12)14(19)11-2-3-13(18)16-10-11/h11-12H,1-10,15H2,(H,16,18). The molecule has 6 heteroatoms. The maximum atomic E-state index is 12.3. The second kappa shape index (κ2) is 7.59.